The van der Waals surface area contributed by atoms with Crippen LogP contribution in [0.25, 0.3) is 0 Å². The van der Waals surface area contributed by atoms with Crippen molar-refractivity contribution in [2.45, 2.75) is 12.6 Å². The average Bonchev–Trinajstić information content (AvgIpc) is 2.93. The zero-order valence-corrected chi connectivity index (χ0v) is 13.0. The summed E-state index contributed by atoms with van der Waals surface area (Å²) >= 11 is 1.51. The second-order valence-electron chi connectivity index (χ2n) is 5.09. The topological polar surface area (TPSA) is 59.0 Å². The van der Waals surface area contributed by atoms with Crippen LogP contribution < -0.4 is 9.47 Å². The first kappa shape index (κ1) is 14.9. The molecule has 0 aliphatic carbocycles. The van der Waals surface area contributed by atoms with Gasteiger partial charge in [0.1, 0.15) is 24.1 Å². The van der Waals surface area contributed by atoms with E-state index in [1.165, 1.54) is 11.3 Å². The molecule has 1 unspecified atom stereocenters. The summed E-state index contributed by atoms with van der Waals surface area (Å²) in [4.78, 5) is 13.7. The van der Waals surface area contributed by atoms with Crippen molar-refractivity contribution in [1.29, 1.82) is 0 Å². The van der Waals surface area contributed by atoms with E-state index in [2.05, 4.69) is 0 Å². The number of methoxy groups -OCH3 is 1. The molecule has 1 aliphatic heterocycles. The maximum atomic E-state index is 11.7. The first-order valence-electron chi connectivity index (χ1n) is 6.97. The molecule has 1 aromatic heterocycles. The van der Waals surface area contributed by atoms with E-state index in [1.54, 1.807) is 7.11 Å². The number of rotatable bonds is 4. The molecule has 0 fully saturated rings. The minimum Gasteiger partial charge on any atom is -0.497 e. The number of carboxylic acid groups (broad SMARTS) is 1. The highest BCUT2D eigenvalue weighted by Crippen LogP contribution is 2.32. The summed E-state index contributed by atoms with van der Waals surface area (Å²) in [6, 6.07) is 6.86. The summed E-state index contributed by atoms with van der Waals surface area (Å²) in [7, 11) is 1.61. The SMILES string of the molecule is COc1ccc2c(c1)OCCN(C(C(=O)O)c1ccsc1)C2. The molecule has 1 aliphatic rings. The smallest absolute Gasteiger partial charge is 0.325 e. The molecular formula is C16H17NO4S. The molecule has 2 aromatic rings. The van der Waals surface area contributed by atoms with Crippen molar-refractivity contribution in [3.63, 3.8) is 0 Å². The molecular weight excluding hydrogens is 302 g/mol. The van der Waals surface area contributed by atoms with Crippen molar-refractivity contribution < 1.29 is 19.4 Å². The van der Waals surface area contributed by atoms with Crippen molar-refractivity contribution >= 4 is 17.3 Å². The summed E-state index contributed by atoms with van der Waals surface area (Å²) in [6.45, 7) is 1.55. The second kappa shape index (κ2) is 6.37. The summed E-state index contributed by atoms with van der Waals surface area (Å²) in [5.74, 6) is 0.659. The third-order valence-corrected chi connectivity index (χ3v) is 4.44. The Labute approximate surface area is 132 Å². The van der Waals surface area contributed by atoms with Gasteiger partial charge in [0.05, 0.1) is 7.11 Å². The van der Waals surface area contributed by atoms with Crippen molar-refractivity contribution in [2.75, 3.05) is 20.3 Å². The molecule has 1 atom stereocenters. The monoisotopic (exact) mass is 319 g/mol. The number of aliphatic carboxylic acids is 1. The van der Waals surface area contributed by atoms with Crippen LogP contribution in [0.15, 0.2) is 35.0 Å². The molecule has 0 bridgehead atoms. The number of carboxylic acids is 1. The molecule has 22 heavy (non-hydrogen) atoms. The van der Waals surface area contributed by atoms with E-state index in [1.807, 2.05) is 39.9 Å². The normalized spacial score (nSPS) is 16.2. The molecule has 0 saturated heterocycles. The van der Waals surface area contributed by atoms with Gasteiger partial charge in [-0.3, -0.25) is 9.69 Å². The van der Waals surface area contributed by atoms with Crippen molar-refractivity contribution in [1.82, 2.24) is 4.90 Å². The Morgan fingerprint density at radius 1 is 1.45 bits per heavy atom. The standard InChI is InChI=1S/C16H17NO4S/c1-20-13-3-2-11-9-17(5-6-21-14(11)8-13)15(16(18)19)12-4-7-22-10-12/h2-4,7-8,10,15H,5-6,9H2,1H3,(H,18,19). The van der Waals surface area contributed by atoms with E-state index in [9.17, 15) is 9.90 Å². The second-order valence-corrected chi connectivity index (χ2v) is 5.87. The quantitative estimate of drug-likeness (QED) is 0.939. The lowest BCUT2D eigenvalue weighted by atomic mass is 10.1. The van der Waals surface area contributed by atoms with E-state index in [0.717, 1.165) is 22.6 Å². The van der Waals surface area contributed by atoms with Gasteiger partial charge in [-0.1, -0.05) is 6.07 Å². The molecule has 1 aromatic carbocycles. The first-order valence-corrected chi connectivity index (χ1v) is 7.92. The van der Waals surface area contributed by atoms with Crippen LogP contribution in [-0.2, 0) is 11.3 Å². The lowest BCUT2D eigenvalue weighted by molar-refractivity contribution is -0.143. The first-order chi connectivity index (χ1) is 10.7. The molecule has 0 amide bonds. The van der Waals surface area contributed by atoms with Crippen LogP contribution in [0, 0.1) is 0 Å². The van der Waals surface area contributed by atoms with Gasteiger partial charge >= 0.3 is 5.97 Å². The zero-order chi connectivity index (χ0) is 15.5. The zero-order valence-electron chi connectivity index (χ0n) is 12.2. The number of carbonyl (C=O) groups is 1. The number of hydrogen-bond acceptors (Lipinski definition) is 5. The molecule has 1 N–H and O–H groups in total. The number of nitrogens with zero attached hydrogens (tertiary/aromatic N) is 1. The fourth-order valence-corrected chi connectivity index (χ4v) is 3.34. The Hall–Kier alpha value is -2.05. The predicted octanol–water partition coefficient (Wildman–Crippen LogP) is 2.78. The Bertz CT molecular complexity index is 656. The third-order valence-electron chi connectivity index (χ3n) is 3.74. The van der Waals surface area contributed by atoms with Gasteiger partial charge in [0.15, 0.2) is 0 Å². The highest BCUT2D eigenvalue weighted by molar-refractivity contribution is 7.08. The number of fused-ring (bicyclic) bond motifs is 1. The van der Waals surface area contributed by atoms with Crippen molar-refractivity contribution in [3.05, 3.63) is 46.2 Å². The van der Waals surface area contributed by atoms with Gasteiger partial charge in [0.25, 0.3) is 0 Å². The van der Waals surface area contributed by atoms with Crippen LogP contribution in [0.1, 0.15) is 17.2 Å². The van der Waals surface area contributed by atoms with Crippen LogP contribution in [0.5, 0.6) is 11.5 Å². The molecule has 3 rings (SSSR count). The Balaban J connectivity index is 1.90. The minimum atomic E-state index is -0.838. The van der Waals surface area contributed by atoms with E-state index in [0.29, 0.717) is 19.7 Å². The summed E-state index contributed by atoms with van der Waals surface area (Å²) in [5, 5.41) is 13.4. The Kier molecular flexibility index (Phi) is 4.31. The van der Waals surface area contributed by atoms with E-state index >= 15 is 0 Å². The summed E-state index contributed by atoms with van der Waals surface area (Å²) in [6.07, 6.45) is 0. The summed E-state index contributed by atoms with van der Waals surface area (Å²) < 4.78 is 11.0. The average molecular weight is 319 g/mol. The lowest BCUT2D eigenvalue weighted by Crippen LogP contribution is -2.35. The van der Waals surface area contributed by atoms with Gasteiger partial charge in [-0.2, -0.15) is 11.3 Å². The highest BCUT2D eigenvalue weighted by Gasteiger charge is 2.30. The third kappa shape index (κ3) is 2.93. The van der Waals surface area contributed by atoms with Gasteiger partial charge in [0, 0.05) is 24.7 Å². The summed E-state index contributed by atoms with van der Waals surface area (Å²) in [5.41, 5.74) is 1.79. The van der Waals surface area contributed by atoms with E-state index in [-0.39, 0.29) is 0 Å². The maximum Gasteiger partial charge on any atom is 0.325 e. The fourth-order valence-electron chi connectivity index (χ4n) is 2.66. The van der Waals surface area contributed by atoms with Gasteiger partial charge in [0.2, 0.25) is 0 Å². The van der Waals surface area contributed by atoms with Gasteiger partial charge in [-0.15, -0.1) is 0 Å². The molecule has 5 nitrogen and oxygen atoms in total. The Morgan fingerprint density at radius 3 is 3.00 bits per heavy atom. The number of thiophene rings is 1. The Morgan fingerprint density at radius 2 is 2.32 bits per heavy atom. The van der Waals surface area contributed by atoms with Gasteiger partial charge < -0.3 is 14.6 Å². The molecule has 2 heterocycles. The highest BCUT2D eigenvalue weighted by atomic mass is 32.1. The predicted molar refractivity (Wildman–Crippen MR) is 83.6 cm³/mol. The largest absolute Gasteiger partial charge is 0.497 e. The van der Waals surface area contributed by atoms with Crippen LogP contribution in [0.4, 0.5) is 0 Å². The van der Waals surface area contributed by atoms with E-state index < -0.39 is 12.0 Å². The van der Waals surface area contributed by atoms with E-state index in [4.69, 9.17) is 9.47 Å². The van der Waals surface area contributed by atoms with Crippen LogP contribution in [-0.4, -0.2) is 36.2 Å². The number of hydrogen-bond donors (Lipinski definition) is 1. The molecule has 0 spiro atoms. The minimum absolute atomic E-state index is 0.452. The molecule has 6 heteroatoms. The molecule has 0 saturated carbocycles. The van der Waals surface area contributed by atoms with Crippen LogP contribution in [0.2, 0.25) is 0 Å². The molecule has 116 valence electrons. The van der Waals surface area contributed by atoms with Crippen molar-refractivity contribution in [3.8, 4) is 11.5 Å². The van der Waals surface area contributed by atoms with Crippen LogP contribution >= 0.6 is 11.3 Å². The maximum absolute atomic E-state index is 11.7. The van der Waals surface area contributed by atoms with Gasteiger partial charge in [-0.25, -0.2) is 0 Å². The lowest BCUT2D eigenvalue weighted by Gasteiger charge is -2.26. The van der Waals surface area contributed by atoms with Gasteiger partial charge in [-0.05, 0) is 28.5 Å². The fraction of sp³-hybridized carbons (Fsp3) is 0.312. The number of benzene rings is 1. The van der Waals surface area contributed by atoms with Crippen molar-refractivity contribution in [2.24, 2.45) is 0 Å². The number of ether oxygens (including phenoxy) is 2. The molecule has 0 radical (unpaired) electrons. The van der Waals surface area contributed by atoms with Crippen LogP contribution in [0.3, 0.4) is 0 Å².